The minimum Gasteiger partial charge on any atom is -0.324 e. The summed E-state index contributed by atoms with van der Waals surface area (Å²) in [5.41, 5.74) is -0.193. The zero-order valence-electron chi connectivity index (χ0n) is 13.7. The van der Waals surface area contributed by atoms with E-state index in [9.17, 15) is 18.0 Å². The van der Waals surface area contributed by atoms with Crippen LogP contribution < -0.4 is 10.0 Å². The number of urea groups is 1. The number of rotatable bonds is 6. The van der Waals surface area contributed by atoms with Gasteiger partial charge >= 0.3 is 6.03 Å². The van der Waals surface area contributed by atoms with Gasteiger partial charge in [0.25, 0.3) is 5.91 Å². The lowest BCUT2D eigenvalue weighted by atomic mass is 10.1. The third-order valence-corrected chi connectivity index (χ3v) is 5.66. The molecular weight excluding hydrogens is 398 g/mol. The smallest absolute Gasteiger partial charge is 0.324 e. The molecule has 1 aliphatic heterocycles. The van der Waals surface area contributed by atoms with Crippen molar-refractivity contribution in [3.63, 3.8) is 0 Å². The summed E-state index contributed by atoms with van der Waals surface area (Å²) in [6.07, 6.45) is 0. The van der Waals surface area contributed by atoms with Gasteiger partial charge in [0.05, 0.1) is 5.75 Å². The van der Waals surface area contributed by atoms with Crippen LogP contribution in [-0.2, 0) is 14.8 Å². The summed E-state index contributed by atoms with van der Waals surface area (Å²) in [4.78, 5) is 24.8. The molecule has 24 heavy (non-hydrogen) atoms. The zero-order valence-corrected chi connectivity index (χ0v) is 16.1. The van der Waals surface area contributed by atoms with Crippen molar-refractivity contribution in [1.29, 1.82) is 0 Å². The van der Waals surface area contributed by atoms with Gasteiger partial charge in [-0.2, -0.15) is 0 Å². The van der Waals surface area contributed by atoms with Gasteiger partial charge in [-0.15, -0.1) is 0 Å². The van der Waals surface area contributed by atoms with Gasteiger partial charge in [-0.05, 0) is 38.5 Å². The summed E-state index contributed by atoms with van der Waals surface area (Å²) < 4.78 is 27.9. The van der Waals surface area contributed by atoms with E-state index in [1.54, 1.807) is 20.8 Å². The molecule has 0 aromatic heterocycles. The van der Waals surface area contributed by atoms with E-state index in [1.807, 2.05) is 24.3 Å². The van der Waals surface area contributed by atoms with Crippen LogP contribution in [0.5, 0.6) is 0 Å². The van der Waals surface area contributed by atoms with Gasteiger partial charge in [0.15, 0.2) is 0 Å². The predicted octanol–water partition coefficient (Wildman–Crippen LogP) is 1.76. The number of sulfonamides is 1. The van der Waals surface area contributed by atoms with Crippen molar-refractivity contribution in [2.75, 3.05) is 12.3 Å². The van der Waals surface area contributed by atoms with Gasteiger partial charge in [0, 0.05) is 17.1 Å². The minimum absolute atomic E-state index is 0.186. The van der Waals surface area contributed by atoms with Crippen LogP contribution in [0, 0.1) is 0 Å². The molecule has 2 rings (SSSR count). The quantitative estimate of drug-likeness (QED) is 0.689. The first kappa shape index (κ1) is 18.9. The molecule has 0 radical (unpaired) electrons. The summed E-state index contributed by atoms with van der Waals surface area (Å²) in [5, 5.41) is 2.52. The number of amides is 3. The lowest BCUT2D eigenvalue weighted by Gasteiger charge is -2.18. The summed E-state index contributed by atoms with van der Waals surface area (Å²) in [7, 11) is -3.65. The highest BCUT2D eigenvalue weighted by molar-refractivity contribution is 9.10. The highest BCUT2D eigenvalue weighted by atomic mass is 79.9. The Morgan fingerprint density at radius 2 is 2.00 bits per heavy atom. The first-order valence-corrected chi connectivity index (χ1v) is 9.86. The standard InChI is InChI=1S/C15H20BrN3O4S/c1-10(11-5-4-6-12(16)9-11)18-24(22,23)8-7-19-13(20)15(2,3)17-14(19)21/h4-6,9-10,18H,7-8H2,1-3H3,(H,17,21). The molecule has 1 fully saturated rings. The summed E-state index contributed by atoms with van der Waals surface area (Å²) in [6, 6.07) is 6.32. The molecule has 1 heterocycles. The van der Waals surface area contributed by atoms with Crippen LogP contribution in [0.3, 0.4) is 0 Å². The van der Waals surface area contributed by atoms with Gasteiger partial charge in [-0.25, -0.2) is 17.9 Å². The monoisotopic (exact) mass is 417 g/mol. The van der Waals surface area contributed by atoms with Gasteiger partial charge in [-0.3, -0.25) is 9.69 Å². The Morgan fingerprint density at radius 3 is 2.54 bits per heavy atom. The first-order valence-electron chi connectivity index (χ1n) is 7.41. The molecule has 1 aliphatic rings. The first-order chi connectivity index (χ1) is 11.0. The van der Waals surface area contributed by atoms with Crippen molar-refractivity contribution < 1.29 is 18.0 Å². The van der Waals surface area contributed by atoms with E-state index in [0.29, 0.717) is 0 Å². The average Bonchev–Trinajstić information content (AvgIpc) is 2.65. The third kappa shape index (κ3) is 4.34. The van der Waals surface area contributed by atoms with Crippen molar-refractivity contribution in [3.05, 3.63) is 34.3 Å². The molecule has 1 aromatic carbocycles. The van der Waals surface area contributed by atoms with E-state index in [-0.39, 0.29) is 12.3 Å². The Balaban J connectivity index is 1.99. The number of carbonyl (C=O) groups excluding carboxylic acids is 2. The number of carbonyl (C=O) groups is 2. The summed E-state index contributed by atoms with van der Waals surface area (Å²) >= 11 is 3.34. The molecule has 0 aliphatic carbocycles. The maximum atomic E-state index is 12.2. The molecule has 1 saturated heterocycles. The number of imide groups is 1. The van der Waals surface area contributed by atoms with Crippen molar-refractivity contribution in [1.82, 2.24) is 14.9 Å². The molecule has 0 bridgehead atoms. The topological polar surface area (TPSA) is 95.6 Å². The zero-order chi connectivity index (χ0) is 18.1. The van der Waals surface area contributed by atoms with Crippen molar-refractivity contribution in [3.8, 4) is 0 Å². The Morgan fingerprint density at radius 1 is 1.33 bits per heavy atom. The number of hydrogen-bond acceptors (Lipinski definition) is 4. The van der Waals surface area contributed by atoms with E-state index in [4.69, 9.17) is 0 Å². The predicted molar refractivity (Wildman–Crippen MR) is 93.8 cm³/mol. The number of hydrogen-bond donors (Lipinski definition) is 2. The molecule has 0 saturated carbocycles. The lowest BCUT2D eigenvalue weighted by Crippen LogP contribution is -2.41. The van der Waals surface area contributed by atoms with Crippen LogP contribution >= 0.6 is 15.9 Å². The van der Waals surface area contributed by atoms with Gasteiger partial charge in [0.1, 0.15) is 5.54 Å². The molecule has 3 amide bonds. The maximum Gasteiger partial charge on any atom is 0.325 e. The van der Waals surface area contributed by atoms with Crippen LogP contribution in [0.1, 0.15) is 32.4 Å². The van der Waals surface area contributed by atoms with Crippen LogP contribution in [0.25, 0.3) is 0 Å². The van der Waals surface area contributed by atoms with Crippen molar-refractivity contribution in [2.45, 2.75) is 32.4 Å². The fourth-order valence-corrected chi connectivity index (χ4v) is 4.04. The molecule has 1 aromatic rings. The second-order valence-electron chi connectivity index (χ2n) is 6.23. The van der Waals surface area contributed by atoms with Gasteiger partial charge < -0.3 is 5.32 Å². The Bertz CT molecular complexity index is 764. The average molecular weight is 418 g/mol. The van der Waals surface area contributed by atoms with Crippen molar-refractivity contribution in [2.24, 2.45) is 0 Å². The summed E-state index contributed by atoms with van der Waals surface area (Å²) in [6.45, 7) is 4.70. The lowest BCUT2D eigenvalue weighted by molar-refractivity contribution is -0.130. The fraction of sp³-hybridized carbons (Fsp3) is 0.467. The molecule has 132 valence electrons. The molecule has 1 unspecified atom stereocenters. The Kier molecular flexibility index (Phi) is 5.36. The van der Waals surface area contributed by atoms with Gasteiger partial charge in [-0.1, -0.05) is 28.1 Å². The number of benzene rings is 1. The van der Waals surface area contributed by atoms with E-state index in [1.165, 1.54) is 0 Å². The van der Waals surface area contributed by atoms with E-state index >= 15 is 0 Å². The van der Waals surface area contributed by atoms with Crippen LogP contribution in [-0.4, -0.2) is 43.1 Å². The Hall–Kier alpha value is -1.45. The summed E-state index contributed by atoms with van der Waals surface area (Å²) in [5.74, 6) is -0.775. The molecule has 0 spiro atoms. The normalized spacial score (nSPS) is 18.6. The van der Waals surface area contributed by atoms with E-state index < -0.39 is 33.5 Å². The Labute approximate surface area is 150 Å². The second kappa shape index (κ2) is 6.81. The number of halogens is 1. The second-order valence-corrected chi connectivity index (χ2v) is 9.01. The number of nitrogens with zero attached hydrogens (tertiary/aromatic N) is 1. The largest absolute Gasteiger partial charge is 0.325 e. The minimum atomic E-state index is -3.65. The fourth-order valence-electron chi connectivity index (χ4n) is 2.40. The highest BCUT2D eigenvalue weighted by Gasteiger charge is 2.44. The molecule has 1 atom stereocenters. The SMILES string of the molecule is CC(NS(=O)(=O)CCN1C(=O)NC(C)(C)C1=O)c1cccc(Br)c1. The van der Waals surface area contributed by atoms with E-state index in [0.717, 1.165) is 14.9 Å². The van der Waals surface area contributed by atoms with Crippen LogP contribution in [0.4, 0.5) is 4.79 Å². The highest BCUT2D eigenvalue weighted by Crippen LogP contribution is 2.19. The maximum absolute atomic E-state index is 12.2. The van der Waals surface area contributed by atoms with Crippen LogP contribution in [0.2, 0.25) is 0 Å². The molecule has 9 heteroatoms. The van der Waals surface area contributed by atoms with Gasteiger partial charge in [0.2, 0.25) is 10.0 Å². The third-order valence-electron chi connectivity index (χ3n) is 3.73. The molecule has 2 N–H and O–H groups in total. The number of nitrogens with one attached hydrogen (secondary N) is 2. The molecule has 7 nitrogen and oxygen atoms in total. The van der Waals surface area contributed by atoms with Crippen LogP contribution in [0.15, 0.2) is 28.7 Å². The van der Waals surface area contributed by atoms with E-state index in [2.05, 4.69) is 26.0 Å². The molecular formula is C15H20BrN3O4S. The van der Waals surface area contributed by atoms with Crippen molar-refractivity contribution >= 4 is 37.9 Å².